The van der Waals surface area contributed by atoms with Crippen LogP contribution >= 0.6 is 11.6 Å². The fourth-order valence-electron chi connectivity index (χ4n) is 4.87. The van der Waals surface area contributed by atoms with Gasteiger partial charge in [-0.2, -0.15) is 4.31 Å². The molecule has 3 aromatic rings. The lowest BCUT2D eigenvalue weighted by molar-refractivity contribution is 0.0950. The van der Waals surface area contributed by atoms with Crippen LogP contribution in [0.15, 0.2) is 18.3 Å². The highest BCUT2D eigenvalue weighted by atomic mass is 35.5. The summed E-state index contributed by atoms with van der Waals surface area (Å²) in [4.78, 5) is 13.2. The van der Waals surface area contributed by atoms with Crippen LogP contribution in [-0.2, 0) is 22.0 Å². The van der Waals surface area contributed by atoms with Gasteiger partial charge in [0.05, 0.1) is 40.8 Å². The third-order valence-electron chi connectivity index (χ3n) is 6.69. The number of rotatable bonds is 4. The molecule has 2 aromatic heterocycles. The Labute approximate surface area is 202 Å². The fourth-order valence-corrected chi connectivity index (χ4v) is 5.93. The molecule has 2 aliphatic rings. The molecule has 12 heteroatoms. The van der Waals surface area contributed by atoms with E-state index in [9.17, 15) is 13.5 Å². The Hall–Kier alpha value is -2.34. The van der Waals surface area contributed by atoms with Gasteiger partial charge >= 0.3 is 0 Å². The topological polar surface area (TPSA) is 113 Å². The second kappa shape index (κ2) is 8.11. The van der Waals surface area contributed by atoms with Crippen LogP contribution < -0.4 is 5.32 Å². The molecular formula is C22H26ClFN6O3S. The Morgan fingerprint density at radius 3 is 2.76 bits per heavy atom. The molecule has 0 saturated carbocycles. The molecular weight excluding hydrogens is 483 g/mol. The summed E-state index contributed by atoms with van der Waals surface area (Å²) < 4.78 is 41.9. The summed E-state index contributed by atoms with van der Waals surface area (Å²) in [6.45, 7) is 4.48. The van der Waals surface area contributed by atoms with Gasteiger partial charge in [-0.3, -0.25) is 0 Å². The van der Waals surface area contributed by atoms with Gasteiger partial charge in [-0.05, 0) is 38.8 Å². The monoisotopic (exact) mass is 508 g/mol. The van der Waals surface area contributed by atoms with Gasteiger partial charge in [0.1, 0.15) is 11.3 Å². The number of aliphatic hydroxyl groups is 1. The predicted molar refractivity (Wildman–Crippen MR) is 128 cm³/mol. The summed E-state index contributed by atoms with van der Waals surface area (Å²) in [5.41, 5.74) is 1.71. The quantitative estimate of drug-likeness (QED) is 0.557. The molecule has 0 amide bonds. The summed E-state index contributed by atoms with van der Waals surface area (Å²) in [5, 5.41) is 13.8. The Balaban J connectivity index is 1.47. The van der Waals surface area contributed by atoms with Crippen molar-refractivity contribution in [2.75, 3.05) is 24.7 Å². The first-order valence-corrected chi connectivity index (χ1v) is 13.3. The molecule has 2 atom stereocenters. The lowest BCUT2D eigenvalue weighted by atomic mass is 10.0. The third kappa shape index (κ3) is 4.04. The number of nitrogens with zero attached hydrogens (tertiary/aromatic N) is 5. The van der Waals surface area contributed by atoms with Crippen molar-refractivity contribution in [1.29, 1.82) is 0 Å². The highest BCUT2D eigenvalue weighted by molar-refractivity contribution is 7.88. The Morgan fingerprint density at radius 1 is 1.29 bits per heavy atom. The van der Waals surface area contributed by atoms with Gasteiger partial charge in [0.15, 0.2) is 5.82 Å². The van der Waals surface area contributed by atoms with Crippen molar-refractivity contribution in [3.63, 3.8) is 0 Å². The number of halogens is 2. The van der Waals surface area contributed by atoms with Crippen LogP contribution in [0.3, 0.4) is 0 Å². The average Bonchev–Trinajstić information content (AvgIpc) is 3.28. The minimum atomic E-state index is -3.38. The van der Waals surface area contributed by atoms with E-state index in [-0.39, 0.29) is 29.6 Å². The van der Waals surface area contributed by atoms with Crippen molar-refractivity contribution >= 4 is 38.6 Å². The van der Waals surface area contributed by atoms with Crippen LogP contribution in [0.1, 0.15) is 32.5 Å². The number of β-amino-alcohol motifs (C(OH)–C–C–N with tert-alkyl or cyclic N) is 1. The summed E-state index contributed by atoms with van der Waals surface area (Å²) in [6, 6.07) is 2.78. The minimum absolute atomic E-state index is 0.0130. The Morgan fingerprint density at radius 2 is 2.06 bits per heavy atom. The number of aryl methyl sites for hydroxylation is 1. The molecule has 34 heavy (non-hydrogen) atoms. The summed E-state index contributed by atoms with van der Waals surface area (Å²) in [6.07, 6.45) is 3.72. The number of piperidine rings is 1. The zero-order valence-electron chi connectivity index (χ0n) is 19.1. The van der Waals surface area contributed by atoms with Gasteiger partial charge in [0.2, 0.25) is 16.0 Å². The van der Waals surface area contributed by atoms with Crippen molar-refractivity contribution in [1.82, 2.24) is 23.8 Å². The maximum Gasteiger partial charge on any atom is 0.223 e. The lowest BCUT2D eigenvalue weighted by Crippen LogP contribution is -2.51. The molecule has 9 nitrogen and oxygen atoms in total. The molecule has 1 fully saturated rings. The molecule has 182 valence electrons. The normalized spacial score (nSPS) is 22.8. The molecule has 0 unspecified atom stereocenters. The largest absolute Gasteiger partial charge is 0.390 e. The van der Waals surface area contributed by atoms with Crippen molar-refractivity contribution < 1.29 is 17.9 Å². The van der Waals surface area contributed by atoms with Crippen LogP contribution in [0.2, 0.25) is 5.02 Å². The Kier molecular flexibility index (Phi) is 5.58. The molecule has 0 spiro atoms. The molecule has 0 aliphatic carbocycles. The number of sulfonamides is 1. The van der Waals surface area contributed by atoms with E-state index in [4.69, 9.17) is 11.6 Å². The molecule has 0 bridgehead atoms. The second-order valence-corrected chi connectivity index (χ2v) is 12.0. The summed E-state index contributed by atoms with van der Waals surface area (Å²) in [7, 11) is -3.38. The molecule has 2 aliphatic heterocycles. The minimum Gasteiger partial charge on any atom is -0.390 e. The van der Waals surface area contributed by atoms with Crippen LogP contribution in [0, 0.1) is 5.82 Å². The van der Waals surface area contributed by atoms with Gasteiger partial charge < -0.3 is 15.0 Å². The maximum atomic E-state index is 15.1. The number of anilines is 1. The number of imidazole rings is 1. The van der Waals surface area contributed by atoms with Crippen molar-refractivity contribution in [3.8, 4) is 11.3 Å². The average molecular weight is 509 g/mol. The molecule has 1 saturated heterocycles. The standard InChI is InChI=1S/C22H26ClFN6O3S/c1-22(2)6-4-18-27-20-14(24)8-12(9-16(20)30(18)22)19-13(23)10-25-21(28-19)26-15-5-7-29(11-17(15)31)34(3,32)33/h8-10,15,17,31H,4-7,11H2,1-3H3,(H,25,26,28)/t15-,17-/m0/s1. The maximum absolute atomic E-state index is 15.1. The van der Waals surface area contributed by atoms with Crippen molar-refractivity contribution in [2.45, 2.75) is 50.8 Å². The van der Waals surface area contributed by atoms with Crippen LogP contribution in [-0.4, -0.2) is 68.8 Å². The summed E-state index contributed by atoms with van der Waals surface area (Å²) >= 11 is 6.40. The van der Waals surface area contributed by atoms with Gasteiger partial charge in [-0.1, -0.05) is 11.6 Å². The lowest BCUT2D eigenvalue weighted by Gasteiger charge is -2.34. The number of fused-ring (bicyclic) bond motifs is 3. The van der Waals surface area contributed by atoms with Gasteiger partial charge in [-0.15, -0.1) is 0 Å². The Bertz CT molecular complexity index is 1390. The molecule has 1 aromatic carbocycles. The smallest absolute Gasteiger partial charge is 0.223 e. The fraction of sp³-hybridized carbons (Fsp3) is 0.500. The van der Waals surface area contributed by atoms with E-state index < -0.39 is 28.0 Å². The molecule has 0 radical (unpaired) electrons. The first-order valence-electron chi connectivity index (χ1n) is 11.1. The van der Waals surface area contributed by atoms with Gasteiger partial charge in [0, 0.05) is 30.6 Å². The predicted octanol–water partition coefficient (Wildman–Crippen LogP) is 2.77. The van der Waals surface area contributed by atoms with E-state index in [1.165, 1.54) is 16.6 Å². The number of hydrogen-bond donors (Lipinski definition) is 2. The SMILES string of the molecule is CC1(C)CCc2nc3c(F)cc(-c4nc(N[C@H]5CCN(S(C)(=O)=O)C[C@@H]5O)ncc4Cl)cc3n21. The van der Waals surface area contributed by atoms with E-state index in [2.05, 4.69) is 38.7 Å². The number of aliphatic hydroxyl groups excluding tert-OH is 1. The van der Waals surface area contributed by atoms with E-state index >= 15 is 4.39 Å². The number of benzene rings is 1. The third-order valence-corrected chi connectivity index (χ3v) is 8.24. The first-order chi connectivity index (χ1) is 15.9. The zero-order valence-corrected chi connectivity index (χ0v) is 20.7. The van der Waals surface area contributed by atoms with Crippen LogP contribution in [0.5, 0.6) is 0 Å². The van der Waals surface area contributed by atoms with Crippen molar-refractivity contribution in [3.05, 3.63) is 35.0 Å². The van der Waals surface area contributed by atoms with Gasteiger partial charge in [-0.25, -0.2) is 27.8 Å². The van der Waals surface area contributed by atoms with Crippen molar-refractivity contribution in [2.24, 2.45) is 0 Å². The molecule has 2 N–H and O–H groups in total. The molecule has 5 rings (SSSR count). The van der Waals surface area contributed by atoms with E-state index in [0.29, 0.717) is 28.7 Å². The van der Waals surface area contributed by atoms with Crippen LogP contribution in [0.4, 0.5) is 10.3 Å². The van der Waals surface area contributed by atoms with E-state index in [1.807, 2.05) is 6.07 Å². The van der Waals surface area contributed by atoms with Gasteiger partial charge in [0.25, 0.3) is 0 Å². The first kappa shape index (κ1) is 23.4. The highest BCUT2D eigenvalue weighted by Crippen LogP contribution is 2.38. The van der Waals surface area contributed by atoms with E-state index in [0.717, 1.165) is 24.9 Å². The van der Waals surface area contributed by atoms with E-state index in [1.54, 1.807) is 0 Å². The number of nitrogens with one attached hydrogen (secondary N) is 1. The second-order valence-electron chi connectivity index (χ2n) is 9.62. The zero-order chi connectivity index (χ0) is 24.4. The number of aromatic nitrogens is 4. The number of hydrogen-bond acceptors (Lipinski definition) is 7. The highest BCUT2D eigenvalue weighted by Gasteiger charge is 2.34. The van der Waals surface area contributed by atoms with Crippen LogP contribution in [0.25, 0.3) is 22.3 Å². The summed E-state index contributed by atoms with van der Waals surface area (Å²) in [5.74, 6) is 0.634. The molecule has 4 heterocycles.